The third-order valence-electron chi connectivity index (χ3n) is 13.8. The molecule has 0 heterocycles. The highest BCUT2D eigenvalue weighted by Crippen LogP contribution is 2.43. The first-order valence-electron chi connectivity index (χ1n) is 29.2. The quantitative estimate of drug-likeness (QED) is 0.0330. The standard InChI is InChI=1S/3C17H26O3.C11H22OS.C5H12O4/c3*1-16(2,3)12-9-11(7-8-14(18)19)10-13(15(12)20)17(4,5)6;1-2-3-4-5-6-7-8-9-10-11(12)13;6-1-5(2-7,3-8)4-9/h3*9-10,20H,7-8H2,1-6H3,(H,18,19);2-10H2,1H3,(H,12,13);6-9H,1-4H2. The number of benzene rings is 3. The Morgan fingerprint density at radius 3 is 0.695 bits per heavy atom. The summed E-state index contributed by atoms with van der Waals surface area (Å²) in [7, 11) is 0. The minimum absolute atomic E-state index is 0.109. The molecule has 82 heavy (non-hydrogen) atoms. The average Bonchev–Trinajstić information content (AvgIpc) is 3.33. The summed E-state index contributed by atoms with van der Waals surface area (Å²) in [4.78, 5) is 32.3. The molecule has 3 aromatic rings. The first kappa shape index (κ1) is 79.3. The van der Waals surface area contributed by atoms with Gasteiger partial charge in [-0.05, 0) is 120 Å². The fraction of sp³-hybridized carbons (Fsp3) is 0.672. The van der Waals surface area contributed by atoms with Crippen LogP contribution in [0, 0.1) is 5.41 Å². The molecule has 0 bridgehead atoms. The second-order valence-electron chi connectivity index (χ2n) is 28.1. The van der Waals surface area contributed by atoms with Crippen molar-refractivity contribution in [1.29, 1.82) is 0 Å². The number of carboxylic acids is 3. The molecule has 11 N–H and O–H groups in total. The van der Waals surface area contributed by atoms with E-state index in [-0.39, 0.29) is 56.8 Å². The number of aromatic hydroxyl groups is 3. The Labute approximate surface area is 499 Å². The summed E-state index contributed by atoms with van der Waals surface area (Å²) < 4.78 is 0. The number of rotatable bonds is 22. The molecule has 15 heteroatoms. The fourth-order valence-electron chi connectivity index (χ4n) is 8.41. The van der Waals surface area contributed by atoms with Crippen LogP contribution in [0.15, 0.2) is 36.4 Å². The lowest BCUT2D eigenvalue weighted by atomic mass is 9.78. The van der Waals surface area contributed by atoms with Crippen molar-refractivity contribution in [1.82, 2.24) is 0 Å². The van der Waals surface area contributed by atoms with E-state index in [0.29, 0.717) is 42.9 Å². The molecular formula is C67H112O14S. The summed E-state index contributed by atoms with van der Waals surface area (Å²) in [6.07, 6.45) is 12.9. The van der Waals surface area contributed by atoms with Gasteiger partial charge in [0.2, 0.25) is 0 Å². The number of unbranched alkanes of at least 4 members (excludes halogenated alkanes) is 7. The van der Waals surface area contributed by atoms with Crippen molar-refractivity contribution in [3.05, 3.63) is 86.5 Å². The normalized spacial score (nSPS) is 12.1. The molecule has 0 amide bonds. The van der Waals surface area contributed by atoms with Gasteiger partial charge in [-0.1, -0.05) is 213 Å². The number of carboxylic acid groups (broad SMARTS) is 3. The monoisotopic (exact) mass is 1170 g/mol. The topological polar surface area (TPSA) is 274 Å². The molecule has 0 fully saturated rings. The zero-order valence-corrected chi connectivity index (χ0v) is 54.8. The van der Waals surface area contributed by atoms with Crippen molar-refractivity contribution in [2.24, 2.45) is 5.41 Å². The van der Waals surface area contributed by atoms with E-state index in [1.54, 1.807) is 0 Å². The summed E-state index contributed by atoms with van der Waals surface area (Å²) in [5.74, 6) is -1.38. The average molecular weight is 1170 g/mol. The van der Waals surface area contributed by atoms with Crippen LogP contribution in [0.3, 0.4) is 0 Å². The van der Waals surface area contributed by atoms with Crippen molar-refractivity contribution < 1.29 is 70.6 Å². The molecule has 0 atom stereocenters. The molecule has 0 aliphatic carbocycles. The summed E-state index contributed by atoms with van der Waals surface area (Å²) in [6.45, 7) is 37.5. The predicted molar refractivity (Wildman–Crippen MR) is 338 cm³/mol. The first-order valence-corrected chi connectivity index (χ1v) is 29.6. The van der Waals surface area contributed by atoms with Crippen molar-refractivity contribution in [3.8, 4) is 17.2 Å². The molecule has 470 valence electrons. The van der Waals surface area contributed by atoms with E-state index in [1.807, 2.05) is 36.4 Å². The molecule has 0 aliphatic rings. The van der Waals surface area contributed by atoms with Gasteiger partial charge in [0.1, 0.15) is 17.2 Å². The van der Waals surface area contributed by atoms with Gasteiger partial charge in [0.15, 0.2) is 5.05 Å². The van der Waals surface area contributed by atoms with E-state index in [0.717, 1.165) is 56.5 Å². The Bertz CT molecular complexity index is 2060. The number of hydrogen-bond acceptors (Lipinski definition) is 11. The highest BCUT2D eigenvalue weighted by atomic mass is 32.1. The SMILES string of the molecule is CC(C)(C)c1cc(CCC(=O)O)cc(C(C)(C)C)c1O.CC(C)(C)c1cc(CCC(=O)O)cc(C(C)(C)C)c1O.CC(C)(C)c1cc(CCC(=O)O)cc(C(C)(C)C)c1O.CCCCCCCCCCC(O)=S.OCC(CO)(CO)CO. The van der Waals surface area contributed by atoms with Gasteiger partial charge in [-0.15, -0.1) is 0 Å². The van der Waals surface area contributed by atoms with Gasteiger partial charge >= 0.3 is 17.9 Å². The van der Waals surface area contributed by atoms with Crippen molar-refractivity contribution in [3.63, 3.8) is 0 Å². The molecule has 0 aromatic heterocycles. The Kier molecular flexibility index (Phi) is 34.3. The molecule has 0 saturated carbocycles. The smallest absolute Gasteiger partial charge is 0.303 e. The van der Waals surface area contributed by atoms with Crippen LogP contribution in [0.1, 0.15) is 259 Å². The number of hydrogen-bond donors (Lipinski definition) is 11. The summed E-state index contributed by atoms with van der Waals surface area (Å²) >= 11 is 4.59. The zero-order valence-electron chi connectivity index (χ0n) is 54.0. The zero-order chi connectivity index (χ0) is 64.4. The third kappa shape index (κ3) is 30.7. The van der Waals surface area contributed by atoms with E-state index in [1.165, 1.54) is 44.9 Å². The first-order chi connectivity index (χ1) is 37.3. The lowest BCUT2D eigenvalue weighted by Gasteiger charge is -2.28. The number of aliphatic carboxylic acids is 3. The van der Waals surface area contributed by atoms with Gasteiger partial charge in [0.05, 0.1) is 31.8 Å². The Balaban J connectivity index is 0. The van der Waals surface area contributed by atoms with Crippen LogP contribution in [0.25, 0.3) is 0 Å². The second kappa shape index (κ2) is 35.5. The van der Waals surface area contributed by atoms with Crippen LogP contribution >= 0.6 is 12.2 Å². The predicted octanol–water partition coefficient (Wildman–Crippen LogP) is 14.4. The molecule has 0 saturated heterocycles. The number of carbonyl (C=O) groups is 3. The molecule has 3 aromatic carbocycles. The molecule has 14 nitrogen and oxygen atoms in total. The molecule has 0 unspecified atom stereocenters. The van der Waals surface area contributed by atoms with Gasteiger partial charge in [0, 0.05) is 25.7 Å². The van der Waals surface area contributed by atoms with Gasteiger partial charge in [-0.2, -0.15) is 0 Å². The lowest BCUT2D eigenvalue weighted by molar-refractivity contribution is -0.138. The summed E-state index contributed by atoms with van der Waals surface area (Å²) in [5.41, 5.74) is 6.02. The van der Waals surface area contributed by atoms with E-state index >= 15 is 0 Å². The van der Waals surface area contributed by atoms with Gasteiger partial charge in [0.25, 0.3) is 0 Å². The molecule has 3 rings (SSSR count). The van der Waals surface area contributed by atoms with Gasteiger partial charge < -0.3 is 56.2 Å². The van der Waals surface area contributed by atoms with Crippen LogP contribution < -0.4 is 0 Å². The Morgan fingerprint density at radius 2 is 0.549 bits per heavy atom. The number of phenols is 3. The maximum absolute atomic E-state index is 10.8. The van der Waals surface area contributed by atoms with Crippen LogP contribution in [0.5, 0.6) is 17.2 Å². The van der Waals surface area contributed by atoms with E-state index in [4.69, 9.17) is 40.9 Å². The molecule has 0 spiro atoms. The minimum Gasteiger partial charge on any atom is -0.507 e. The number of phenolic OH excluding ortho intramolecular Hbond substituents is 3. The van der Waals surface area contributed by atoms with Crippen molar-refractivity contribution in [2.75, 3.05) is 26.4 Å². The lowest BCUT2D eigenvalue weighted by Crippen LogP contribution is -2.37. The van der Waals surface area contributed by atoms with Crippen molar-refractivity contribution >= 4 is 35.2 Å². The highest BCUT2D eigenvalue weighted by Gasteiger charge is 2.30. The van der Waals surface area contributed by atoms with Crippen LogP contribution in [-0.4, -0.2) is 106 Å². The van der Waals surface area contributed by atoms with Crippen LogP contribution in [0.4, 0.5) is 0 Å². The Hall–Kier alpha value is -4.80. The van der Waals surface area contributed by atoms with E-state index in [2.05, 4.69) is 144 Å². The van der Waals surface area contributed by atoms with Crippen LogP contribution in [-0.2, 0) is 66.1 Å². The van der Waals surface area contributed by atoms with E-state index < -0.39 is 49.8 Å². The maximum Gasteiger partial charge on any atom is 0.303 e. The number of aliphatic hydroxyl groups excluding tert-OH is 5. The minimum atomic E-state index is -1.11. The molecule has 0 radical (unpaired) electrons. The van der Waals surface area contributed by atoms with E-state index in [9.17, 15) is 29.7 Å². The fourth-order valence-corrected chi connectivity index (χ4v) is 8.55. The second-order valence-corrected chi connectivity index (χ2v) is 28.5. The number of aryl methyl sites for hydroxylation is 3. The van der Waals surface area contributed by atoms with Gasteiger partial charge in [-0.25, -0.2) is 0 Å². The maximum atomic E-state index is 10.8. The van der Waals surface area contributed by atoms with Crippen molar-refractivity contribution in [2.45, 2.75) is 260 Å². The van der Waals surface area contributed by atoms with Gasteiger partial charge in [-0.3, -0.25) is 14.4 Å². The molecule has 0 aliphatic heterocycles. The van der Waals surface area contributed by atoms with Crippen LogP contribution in [0.2, 0.25) is 0 Å². The third-order valence-corrected chi connectivity index (χ3v) is 14.0. The molecular weight excluding hydrogens is 1060 g/mol. The largest absolute Gasteiger partial charge is 0.507 e. The summed E-state index contributed by atoms with van der Waals surface area (Å²) in [5, 5.41) is 101. The number of thiocarbonyl (C=S) groups is 1. The highest BCUT2D eigenvalue weighted by molar-refractivity contribution is 7.80. The summed E-state index contributed by atoms with van der Waals surface area (Å²) in [6, 6.07) is 11.6. The number of aliphatic hydroxyl groups is 5. The Morgan fingerprint density at radius 1 is 0.354 bits per heavy atom.